The van der Waals surface area contributed by atoms with Crippen molar-refractivity contribution in [3.8, 4) is 0 Å². The summed E-state index contributed by atoms with van der Waals surface area (Å²) in [7, 11) is 1.37. The maximum Gasteiger partial charge on any atom is 0.338 e. The molecule has 3 rings (SSSR count). The Morgan fingerprint density at radius 2 is 1.54 bits per heavy atom. The quantitative estimate of drug-likeness (QED) is 0.388. The van der Waals surface area contributed by atoms with E-state index in [-0.39, 0.29) is 11.8 Å². The van der Waals surface area contributed by atoms with E-state index in [9.17, 15) is 9.59 Å². The van der Waals surface area contributed by atoms with Gasteiger partial charge in [-0.1, -0.05) is 54.6 Å². The number of benzene rings is 3. The minimum atomic E-state index is -0.358. The normalized spacial score (nSPS) is 10.5. The number of ether oxygens (including phenoxy) is 1. The first-order valence-corrected chi connectivity index (χ1v) is 8.50. The van der Waals surface area contributed by atoms with Crippen LogP contribution in [-0.4, -0.2) is 24.6 Å². The predicted octanol–water partition coefficient (Wildman–Crippen LogP) is 4.60. The van der Waals surface area contributed by atoms with E-state index < -0.39 is 0 Å². The Morgan fingerprint density at radius 1 is 0.875 bits per heavy atom. The van der Waals surface area contributed by atoms with E-state index >= 15 is 0 Å². The van der Waals surface area contributed by atoms with Gasteiger partial charge in [0.15, 0.2) is 5.78 Å². The molecule has 120 valence electrons. The third kappa shape index (κ3) is 3.34. The molecule has 0 bridgehead atoms. The summed E-state index contributed by atoms with van der Waals surface area (Å²) in [4.78, 5) is 25.2. The summed E-state index contributed by atoms with van der Waals surface area (Å²) >= 11 is 1.48. The number of Topliss-reactive ketones (excluding diaryl/α,β-unsaturated/α-hetero) is 1. The lowest BCUT2D eigenvalue weighted by Crippen LogP contribution is -2.03. The maximum absolute atomic E-state index is 12.3. The molecule has 0 atom stereocenters. The fourth-order valence-corrected chi connectivity index (χ4v) is 3.49. The van der Waals surface area contributed by atoms with Crippen molar-refractivity contribution >= 4 is 34.3 Å². The number of methoxy groups -OCH3 is 1. The van der Waals surface area contributed by atoms with Crippen molar-refractivity contribution < 1.29 is 14.3 Å². The summed E-state index contributed by atoms with van der Waals surface area (Å²) in [5.74, 6) is 0.0795. The Labute approximate surface area is 144 Å². The molecule has 0 unspecified atom stereocenters. The molecule has 0 spiro atoms. The molecular weight excluding hydrogens is 320 g/mol. The minimum absolute atomic E-state index is 0.0849. The van der Waals surface area contributed by atoms with E-state index in [0.29, 0.717) is 16.9 Å². The van der Waals surface area contributed by atoms with Gasteiger partial charge in [0.1, 0.15) is 0 Å². The number of hydrogen-bond donors (Lipinski definition) is 0. The zero-order valence-corrected chi connectivity index (χ0v) is 14.0. The van der Waals surface area contributed by atoms with Crippen molar-refractivity contribution in [2.24, 2.45) is 0 Å². The number of carbonyl (C=O) groups is 2. The van der Waals surface area contributed by atoms with Crippen LogP contribution in [0.5, 0.6) is 0 Å². The molecule has 3 aromatic rings. The Morgan fingerprint density at radius 3 is 2.25 bits per heavy atom. The van der Waals surface area contributed by atoms with Gasteiger partial charge in [0, 0.05) is 10.5 Å². The van der Waals surface area contributed by atoms with E-state index in [1.54, 1.807) is 6.07 Å². The second kappa shape index (κ2) is 7.32. The molecule has 3 aromatic carbocycles. The van der Waals surface area contributed by atoms with Crippen molar-refractivity contribution in [3.05, 3.63) is 77.9 Å². The van der Waals surface area contributed by atoms with Crippen LogP contribution in [0.1, 0.15) is 20.7 Å². The summed E-state index contributed by atoms with van der Waals surface area (Å²) in [6, 6.07) is 20.5. The molecule has 0 radical (unpaired) electrons. The van der Waals surface area contributed by atoms with Gasteiger partial charge >= 0.3 is 5.97 Å². The van der Waals surface area contributed by atoms with Crippen LogP contribution in [0, 0.1) is 0 Å². The molecule has 4 heteroatoms. The van der Waals surface area contributed by atoms with Crippen molar-refractivity contribution in [3.63, 3.8) is 0 Å². The Hall–Kier alpha value is -2.59. The molecule has 0 heterocycles. The average molecular weight is 336 g/mol. The molecule has 0 aliphatic heterocycles. The van der Waals surface area contributed by atoms with Gasteiger partial charge in [-0.25, -0.2) is 4.79 Å². The smallest absolute Gasteiger partial charge is 0.338 e. The van der Waals surface area contributed by atoms with Gasteiger partial charge in [0.05, 0.1) is 18.4 Å². The lowest BCUT2D eigenvalue weighted by Gasteiger charge is -2.09. The Balaban J connectivity index is 1.88. The highest BCUT2D eigenvalue weighted by Gasteiger charge is 2.14. The second-order valence-corrected chi connectivity index (χ2v) is 6.24. The van der Waals surface area contributed by atoms with Crippen molar-refractivity contribution in [1.29, 1.82) is 0 Å². The standard InChI is InChI=1S/C20H16O3S/c1-23-20(22)17-11-12-19(16-10-6-5-9-15(16)17)24-13-18(21)14-7-3-2-4-8-14/h2-12H,13H2,1H3. The van der Waals surface area contributed by atoms with Crippen LogP contribution in [0.15, 0.2) is 71.6 Å². The molecule has 0 amide bonds. The SMILES string of the molecule is COC(=O)c1ccc(SCC(=O)c2ccccc2)c2ccccc12. The zero-order chi connectivity index (χ0) is 16.9. The summed E-state index contributed by atoms with van der Waals surface area (Å²) in [5, 5.41) is 1.78. The Bertz CT molecular complexity index is 888. The predicted molar refractivity (Wildman–Crippen MR) is 96.8 cm³/mol. The van der Waals surface area contributed by atoms with Crippen LogP contribution < -0.4 is 0 Å². The third-order valence-electron chi connectivity index (χ3n) is 3.74. The lowest BCUT2D eigenvalue weighted by atomic mass is 10.0. The van der Waals surface area contributed by atoms with Gasteiger partial charge in [-0.05, 0) is 22.9 Å². The molecule has 24 heavy (non-hydrogen) atoms. The highest BCUT2D eigenvalue weighted by Crippen LogP contribution is 2.31. The molecule has 0 fully saturated rings. The first kappa shape index (κ1) is 16.3. The monoisotopic (exact) mass is 336 g/mol. The second-order valence-electron chi connectivity index (χ2n) is 5.23. The van der Waals surface area contributed by atoms with Crippen LogP contribution in [0.4, 0.5) is 0 Å². The fraction of sp³-hybridized carbons (Fsp3) is 0.100. The first-order chi connectivity index (χ1) is 11.7. The third-order valence-corrected chi connectivity index (χ3v) is 4.82. The van der Waals surface area contributed by atoms with E-state index in [4.69, 9.17) is 4.74 Å². The highest BCUT2D eigenvalue weighted by molar-refractivity contribution is 8.00. The molecule has 0 saturated heterocycles. The van der Waals surface area contributed by atoms with Crippen LogP contribution in [0.25, 0.3) is 10.8 Å². The average Bonchev–Trinajstić information content (AvgIpc) is 2.65. The van der Waals surface area contributed by atoms with E-state index in [2.05, 4.69) is 0 Å². The lowest BCUT2D eigenvalue weighted by molar-refractivity contribution is 0.0603. The molecule has 3 nitrogen and oxygen atoms in total. The van der Waals surface area contributed by atoms with E-state index in [1.807, 2.05) is 60.7 Å². The molecule has 0 N–H and O–H groups in total. The van der Waals surface area contributed by atoms with E-state index in [0.717, 1.165) is 15.7 Å². The van der Waals surface area contributed by atoms with Crippen LogP contribution in [-0.2, 0) is 4.74 Å². The number of rotatable bonds is 5. The molecule has 0 saturated carbocycles. The summed E-state index contributed by atoms with van der Waals surface area (Å²) < 4.78 is 4.84. The summed E-state index contributed by atoms with van der Waals surface area (Å²) in [5.41, 5.74) is 1.24. The number of carbonyl (C=O) groups excluding carboxylic acids is 2. The van der Waals surface area contributed by atoms with Crippen LogP contribution in [0.2, 0.25) is 0 Å². The van der Waals surface area contributed by atoms with Gasteiger partial charge in [-0.15, -0.1) is 11.8 Å². The summed E-state index contributed by atoms with van der Waals surface area (Å²) in [6.45, 7) is 0. The highest BCUT2D eigenvalue weighted by atomic mass is 32.2. The number of fused-ring (bicyclic) bond motifs is 1. The molecule has 0 aliphatic carbocycles. The van der Waals surface area contributed by atoms with Crippen LogP contribution in [0.3, 0.4) is 0 Å². The van der Waals surface area contributed by atoms with Gasteiger partial charge < -0.3 is 4.74 Å². The minimum Gasteiger partial charge on any atom is -0.465 e. The first-order valence-electron chi connectivity index (χ1n) is 7.52. The van der Waals surface area contributed by atoms with Gasteiger partial charge in [0.25, 0.3) is 0 Å². The molecular formula is C20H16O3S. The van der Waals surface area contributed by atoms with Crippen LogP contribution >= 0.6 is 11.8 Å². The van der Waals surface area contributed by atoms with Crippen molar-refractivity contribution in [2.75, 3.05) is 12.9 Å². The summed E-state index contributed by atoms with van der Waals surface area (Å²) in [6.07, 6.45) is 0. The number of thioether (sulfide) groups is 1. The van der Waals surface area contributed by atoms with Crippen molar-refractivity contribution in [2.45, 2.75) is 4.90 Å². The van der Waals surface area contributed by atoms with Gasteiger partial charge in [-0.2, -0.15) is 0 Å². The fourth-order valence-electron chi connectivity index (χ4n) is 2.54. The van der Waals surface area contributed by atoms with Crippen molar-refractivity contribution in [1.82, 2.24) is 0 Å². The number of hydrogen-bond acceptors (Lipinski definition) is 4. The molecule has 0 aliphatic rings. The van der Waals surface area contributed by atoms with Gasteiger partial charge in [-0.3, -0.25) is 4.79 Å². The number of ketones is 1. The van der Waals surface area contributed by atoms with Gasteiger partial charge in [0.2, 0.25) is 0 Å². The topological polar surface area (TPSA) is 43.4 Å². The zero-order valence-electron chi connectivity index (χ0n) is 13.2. The maximum atomic E-state index is 12.3. The number of esters is 1. The Kier molecular flexibility index (Phi) is 4.96. The largest absolute Gasteiger partial charge is 0.465 e. The molecule has 0 aromatic heterocycles. The van der Waals surface area contributed by atoms with E-state index in [1.165, 1.54) is 18.9 Å².